The Kier molecular flexibility index (Phi) is 5.68. The number of benzene rings is 2. The first-order valence-corrected chi connectivity index (χ1v) is 8.77. The fourth-order valence-corrected chi connectivity index (χ4v) is 2.96. The number of carbonyl (C=O) groups is 1. The largest absolute Gasteiger partial charge is 0.352 e. The Hall–Kier alpha value is -2.66. The van der Waals surface area contributed by atoms with Crippen LogP contribution in [0.1, 0.15) is 23.6 Å². The smallest absolute Gasteiger partial charge is 0.224 e. The molecule has 0 aliphatic rings. The number of amides is 1. The molecule has 0 aliphatic heterocycles. The molecule has 0 spiro atoms. The van der Waals surface area contributed by atoms with Crippen molar-refractivity contribution in [2.45, 2.75) is 26.3 Å². The number of nitrogens with zero attached hydrogens (tertiary/aromatic N) is 2. The summed E-state index contributed by atoms with van der Waals surface area (Å²) in [5.41, 5.74) is 3.70. The van der Waals surface area contributed by atoms with E-state index in [0.29, 0.717) is 10.6 Å². The van der Waals surface area contributed by atoms with Crippen molar-refractivity contribution in [3.63, 3.8) is 0 Å². The highest BCUT2D eigenvalue weighted by Crippen LogP contribution is 2.17. The van der Waals surface area contributed by atoms with Gasteiger partial charge in [-0.25, -0.2) is 9.07 Å². The zero-order chi connectivity index (χ0) is 18.5. The van der Waals surface area contributed by atoms with Crippen LogP contribution in [0, 0.1) is 5.82 Å². The zero-order valence-electron chi connectivity index (χ0n) is 14.4. The summed E-state index contributed by atoms with van der Waals surface area (Å²) in [4.78, 5) is 12.2. The van der Waals surface area contributed by atoms with Crippen molar-refractivity contribution in [3.8, 4) is 5.69 Å². The Morgan fingerprint density at radius 3 is 2.81 bits per heavy atom. The first kappa shape index (κ1) is 18.1. The molecule has 4 nitrogen and oxygen atoms in total. The Labute approximate surface area is 156 Å². The van der Waals surface area contributed by atoms with Gasteiger partial charge in [-0.15, -0.1) is 0 Å². The van der Waals surface area contributed by atoms with Gasteiger partial charge < -0.3 is 5.32 Å². The summed E-state index contributed by atoms with van der Waals surface area (Å²) >= 11 is 5.97. The van der Waals surface area contributed by atoms with Gasteiger partial charge in [0.05, 0.1) is 18.3 Å². The number of rotatable bonds is 6. The Morgan fingerprint density at radius 2 is 2.04 bits per heavy atom. The SMILES string of the molecule is CCc1ccccc1-n1cc(CC(=O)NCc2ccc(F)cc2Cl)cn1. The molecule has 1 N–H and O–H groups in total. The number of aromatic nitrogens is 2. The molecule has 0 radical (unpaired) electrons. The molecule has 2 aromatic carbocycles. The molecule has 0 aliphatic carbocycles. The number of hydrogen-bond acceptors (Lipinski definition) is 2. The van der Waals surface area contributed by atoms with Crippen LogP contribution in [0.2, 0.25) is 5.02 Å². The van der Waals surface area contributed by atoms with E-state index in [4.69, 9.17) is 11.6 Å². The van der Waals surface area contributed by atoms with Crippen molar-refractivity contribution in [1.29, 1.82) is 0 Å². The van der Waals surface area contributed by atoms with Crippen molar-refractivity contribution in [2.24, 2.45) is 0 Å². The zero-order valence-corrected chi connectivity index (χ0v) is 15.1. The number of aryl methyl sites for hydroxylation is 1. The fraction of sp³-hybridized carbons (Fsp3) is 0.200. The van der Waals surface area contributed by atoms with E-state index in [-0.39, 0.29) is 18.9 Å². The van der Waals surface area contributed by atoms with Gasteiger partial charge in [-0.05, 0) is 41.3 Å². The van der Waals surface area contributed by atoms with Crippen LogP contribution in [0.4, 0.5) is 4.39 Å². The molecule has 1 amide bonds. The highest BCUT2D eigenvalue weighted by molar-refractivity contribution is 6.31. The van der Waals surface area contributed by atoms with Crippen molar-refractivity contribution in [1.82, 2.24) is 15.1 Å². The van der Waals surface area contributed by atoms with Crippen molar-refractivity contribution in [3.05, 3.63) is 82.4 Å². The second-order valence-electron chi connectivity index (χ2n) is 5.96. The number of carbonyl (C=O) groups excluding carboxylic acids is 1. The number of hydrogen-bond donors (Lipinski definition) is 1. The molecule has 3 rings (SSSR count). The molecule has 0 saturated carbocycles. The van der Waals surface area contributed by atoms with Crippen molar-refractivity contribution >= 4 is 17.5 Å². The molecule has 1 aromatic heterocycles. The van der Waals surface area contributed by atoms with Crippen molar-refractivity contribution < 1.29 is 9.18 Å². The first-order valence-electron chi connectivity index (χ1n) is 8.39. The van der Waals surface area contributed by atoms with Gasteiger partial charge in [0, 0.05) is 17.8 Å². The van der Waals surface area contributed by atoms with Gasteiger partial charge in [-0.2, -0.15) is 5.10 Å². The molecule has 6 heteroatoms. The van der Waals surface area contributed by atoms with Gasteiger partial charge >= 0.3 is 0 Å². The minimum Gasteiger partial charge on any atom is -0.352 e. The molecule has 3 aromatic rings. The van der Waals surface area contributed by atoms with E-state index in [9.17, 15) is 9.18 Å². The molecule has 1 heterocycles. The van der Waals surface area contributed by atoms with Crippen LogP contribution in [0.3, 0.4) is 0 Å². The highest BCUT2D eigenvalue weighted by Gasteiger charge is 2.09. The lowest BCUT2D eigenvalue weighted by Crippen LogP contribution is -2.24. The van der Waals surface area contributed by atoms with E-state index >= 15 is 0 Å². The van der Waals surface area contributed by atoms with Gasteiger partial charge in [-0.3, -0.25) is 4.79 Å². The maximum atomic E-state index is 13.0. The summed E-state index contributed by atoms with van der Waals surface area (Å²) in [7, 11) is 0. The summed E-state index contributed by atoms with van der Waals surface area (Å²) in [6.45, 7) is 2.35. The quantitative estimate of drug-likeness (QED) is 0.709. The molecule has 0 bridgehead atoms. The molecular weight excluding hydrogens is 353 g/mol. The summed E-state index contributed by atoms with van der Waals surface area (Å²) in [6, 6.07) is 12.2. The first-order chi connectivity index (χ1) is 12.6. The molecule has 26 heavy (non-hydrogen) atoms. The minimum atomic E-state index is -0.398. The molecular formula is C20H19ClFN3O. The normalized spacial score (nSPS) is 10.7. The maximum absolute atomic E-state index is 13.0. The molecule has 0 unspecified atom stereocenters. The fourth-order valence-electron chi connectivity index (χ4n) is 2.72. The predicted molar refractivity (Wildman–Crippen MR) is 99.9 cm³/mol. The van der Waals surface area contributed by atoms with Crippen LogP contribution in [-0.2, 0) is 24.2 Å². The third-order valence-corrected chi connectivity index (χ3v) is 4.46. The Balaban J connectivity index is 1.62. The second kappa shape index (κ2) is 8.15. The van der Waals surface area contributed by atoms with Gasteiger partial charge in [0.25, 0.3) is 0 Å². The number of nitrogens with one attached hydrogen (secondary N) is 1. The standard InChI is InChI=1S/C20H19ClFN3O/c1-2-15-5-3-4-6-19(15)25-13-14(11-24-25)9-20(26)23-12-16-7-8-17(22)10-18(16)21/h3-8,10-11,13H,2,9,12H2,1H3,(H,23,26). The lowest BCUT2D eigenvalue weighted by Gasteiger charge is -2.07. The summed E-state index contributed by atoms with van der Waals surface area (Å²) < 4.78 is 14.8. The predicted octanol–water partition coefficient (Wildman–Crippen LogP) is 4.09. The number of para-hydroxylation sites is 1. The molecule has 0 atom stereocenters. The van der Waals surface area contributed by atoms with E-state index in [1.54, 1.807) is 16.9 Å². The van der Waals surface area contributed by atoms with Gasteiger partial charge in [0.1, 0.15) is 5.82 Å². The third-order valence-electron chi connectivity index (χ3n) is 4.11. The minimum absolute atomic E-state index is 0.145. The second-order valence-corrected chi connectivity index (χ2v) is 6.37. The number of halogens is 2. The van der Waals surface area contributed by atoms with E-state index in [1.165, 1.54) is 17.7 Å². The third kappa shape index (κ3) is 4.29. The van der Waals surface area contributed by atoms with Gasteiger partial charge in [-0.1, -0.05) is 42.8 Å². The van der Waals surface area contributed by atoms with Crippen LogP contribution >= 0.6 is 11.6 Å². The summed E-state index contributed by atoms with van der Waals surface area (Å²) in [5, 5.41) is 7.46. The average molecular weight is 372 g/mol. The Morgan fingerprint density at radius 1 is 1.23 bits per heavy atom. The molecule has 0 fully saturated rings. The highest BCUT2D eigenvalue weighted by atomic mass is 35.5. The molecule has 134 valence electrons. The van der Waals surface area contributed by atoms with E-state index < -0.39 is 5.82 Å². The van der Waals surface area contributed by atoms with E-state index in [2.05, 4.69) is 23.4 Å². The molecule has 0 saturated heterocycles. The van der Waals surface area contributed by atoms with Crippen LogP contribution < -0.4 is 5.32 Å². The monoisotopic (exact) mass is 371 g/mol. The van der Waals surface area contributed by atoms with Crippen LogP contribution in [0.5, 0.6) is 0 Å². The van der Waals surface area contributed by atoms with Gasteiger partial charge in [0.15, 0.2) is 0 Å². The van der Waals surface area contributed by atoms with Crippen LogP contribution in [-0.4, -0.2) is 15.7 Å². The van der Waals surface area contributed by atoms with Crippen LogP contribution in [0.15, 0.2) is 54.9 Å². The van der Waals surface area contributed by atoms with E-state index in [1.807, 2.05) is 24.4 Å². The van der Waals surface area contributed by atoms with Crippen LogP contribution in [0.25, 0.3) is 5.69 Å². The summed E-state index contributed by atoms with van der Waals surface area (Å²) in [5.74, 6) is -0.543. The average Bonchev–Trinajstić information content (AvgIpc) is 3.09. The van der Waals surface area contributed by atoms with Crippen molar-refractivity contribution in [2.75, 3.05) is 0 Å². The summed E-state index contributed by atoms with van der Waals surface area (Å²) in [6.07, 6.45) is 4.67. The Bertz CT molecular complexity index is 923. The van der Waals surface area contributed by atoms with E-state index in [0.717, 1.165) is 17.7 Å². The maximum Gasteiger partial charge on any atom is 0.224 e. The lowest BCUT2D eigenvalue weighted by molar-refractivity contribution is -0.120. The topological polar surface area (TPSA) is 46.9 Å². The van der Waals surface area contributed by atoms with Gasteiger partial charge in [0.2, 0.25) is 5.91 Å². The lowest BCUT2D eigenvalue weighted by atomic mass is 10.1.